The number of anilines is 1. The molecule has 0 atom stereocenters. The minimum Gasteiger partial charge on any atom is -0.445 e. The van der Waals surface area contributed by atoms with Gasteiger partial charge in [-0.05, 0) is 100 Å². The first kappa shape index (κ1) is 27.9. The summed E-state index contributed by atoms with van der Waals surface area (Å²) in [4.78, 5) is 12.6. The monoisotopic (exact) mass is 573 g/mol. The van der Waals surface area contributed by atoms with E-state index in [1.54, 1.807) is 0 Å². The molecule has 2 saturated carbocycles. The highest BCUT2D eigenvalue weighted by molar-refractivity contribution is 5.60. The number of aromatic nitrogens is 2. The van der Waals surface area contributed by atoms with E-state index in [2.05, 4.69) is 72.2 Å². The van der Waals surface area contributed by atoms with Crippen molar-refractivity contribution in [1.29, 1.82) is 0 Å². The zero-order chi connectivity index (χ0) is 29.0. The van der Waals surface area contributed by atoms with E-state index in [-0.39, 0.29) is 0 Å². The average Bonchev–Trinajstić information content (AvgIpc) is 3.69. The van der Waals surface area contributed by atoms with E-state index in [4.69, 9.17) is 18.8 Å². The van der Waals surface area contributed by atoms with Crippen LogP contribution in [0.25, 0.3) is 18.2 Å². The van der Waals surface area contributed by atoms with Crippen LogP contribution in [0.1, 0.15) is 116 Å². The third-order valence-electron chi connectivity index (χ3n) is 9.81. The lowest BCUT2D eigenvalue weighted by Gasteiger charge is -2.45. The molecule has 7 rings (SSSR count). The predicted octanol–water partition coefficient (Wildman–Crippen LogP) is 9.60. The molecule has 0 spiro atoms. The Morgan fingerprint density at radius 1 is 0.767 bits per heavy atom. The van der Waals surface area contributed by atoms with Gasteiger partial charge >= 0.3 is 0 Å². The maximum atomic E-state index is 6.28. The Kier molecular flexibility index (Phi) is 8.31. The van der Waals surface area contributed by atoms with Gasteiger partial charge in [0.2, 0.25) is 0 Å². The highest BCUT2D eigenvalue weighted by atomic mass is 16.4. The standard InChI is InChI=1S/C38H43N3O2/c1-2-3-4-5-11-27-12-10-13-32(26-27)41(30-22-18-28(19-23-30)37-39-33-14-6-8-16-35(33)42-37)31-24-20-29(21-25-31)38-40-34-15-7-9-17-36(34)43-38/h2-6,9-14,17,26,28-31H,1,7-8,15-16,18-25H2/b4-3-,11-5+. The molecule has 2 heterocycles. The summed E-state index contributed by atoms with van der Waals surface area (Å²) < 4.78 is 12.5. The van der Waals surface area contributed by atoms with Crippen molar-refractivity contribution in [3.63, 3.8) is 0 Å². The fourth-order valence-electron chi connectivity index (χ4n) is 7.57. The zero-order valence-corrected chi connectivity index (χ0v) is 25.2. The van der Waals surface area contributed by atoms with Gasteiger partial charge in [-0.3, -0.25) is 0 Å². The lowest BCUT2D eigenvalue weighted by atomic mass is 9.81. The van der Waals surface area contributed by atoms with Crippen LogP contribution in [0.5, 0.6) is 0 Å². The third kappa shape index (κ3) is 6.13. The number of hydrogen-bond acceptors (Lipinski definition) is 5. The van der Waals surface area contributed by atoms with Crippen LogP contribution in [-0.2, 0) is 12.8 Å². The number of rotatable bonds is 8. The van der Waals surface area contributed by atoms with E-state index < -0.39 is 0 Å². The highest BCUT2D eigenvalue weighted by Gasteiger charge is 2.36. The minimum absolute atomic E-state index is 0.420. The van der Waals surface area contributed by atoms with Crippen LogP contribution in [0.3, 0.4) is 0 Å². The quantitative estimate of drug-likeness (QED) is 0.251. The molecular weight excluding hydrogens is 530 g/mol. The molecule has 0 amide bonds. The van der Waals surface area contributed by atoms with Crippen molar-refractivity contribution in [3.8, 4) is 0 Å². The molecule has 0 radical (unpaired) electrons. The Labute approximate surface area is 255 Å². The topological polar surface area (TPSA) is 55.3 Å². The second-order valence-electron chi connectivity index (χ2n) is 12.6. The first-order valence-electron chi connectivity index (χ1n) is 16.4. The van der Waals surface area contributed by atoms with E-state index in [1.165, 1.54) is 11.3 Å². The second-order valence-corrected chi connectivity index (χ2v) is 12.6. The zero-order valence-electron chi connectivity index (χ0n) is 25.2. The molecule has 0 unspecified atom stereocenters. The summed E-state index contributed by atoms with van der Waals surface area (Å²) in [6.07, 6.45) is 32.0. The summed E-state index contributed by atoms with van der Waals surface area (Å²) in [5.41, 5.74) is 4.77. The summed E-state index contributed by atoms with van der Waals surface area (Å²) in [7, 11) is 0. The summed E-state index contributed by atoms with van der Waals surface area (Å²) >= 11 is 0. The van der Waals surface area contributed by atoms with Crippen LogP contribution in [0, 0.1) is 0 Å². The molecule has 0 saturated heterocycles. The molecular formula is C38H43N3O2. The Balaban J connectivity index is 1.09. The fraction of sp³-hybridized carbons (Fsp3) is 0.421. The molecule has 4 aliphatic rings. The third-order valence-corrected chi connectivity index (χ3v) is 9.81. The maximum absolute atomic E-state index is 6.28. The Hall–Kier alpha value is -3.86. The summed E-state index contributed by atoms with van der Waals surface area (Å²) in [6.45, 7) is 3.78. The summed E-state index contributed by atoms with van der Waals surface area (Å²) in [5, 5.41) is 0. The van der Waals surface area contributed by atoms with E-state index >= 15 is 0 Å². The Morgan fingerprint density at radius 3 is 2.21 bits per heavy atom. The molecule has 4 aliphatic carbocycles. The fourth-order valence-corrected chi connectivity index (χ4v) is 7.57. The molecule has 43 heavy (non-hydrogen) atoms. The first-order valence-corrected chi connectivity index (χ1v) is 16.4. The number of hydrogen-bond donors (Lipinski definition) is 0. The van der Waals surface area contributed by atoms with E-state index in [0.29, 0.717) is 23.9 Å². The molecule has 3 aromatic rings. The van der Waals surface area contributed by atoms with Crippen LogP contribution >= 0.6 is 0 Å². The second kappa shape index (κ2) is 12.8. The molecule has 0 bridgehead atoms. The normalized spacial score (nSPS) is 25.2. The molecule has 2 aromatic heterocycles. The smallest absolute Gasteiger partial charge is 0.198 e. The van der Waals surface area contributed by atoms with Gasteiger partial charge in [0.05, 0.1) is 5.69 Å². The SMILES string of the molecule is C=C/C=C\C=C\c1cccc(N(C2CCC(c3nc4c(o3)C=CCC4)CC2)C2CCC(c3nc4c(o3)CCC=C4)CC2)c1. The number of allylic oxidation sites excluding steroid dienone is 6. The lowest BCUT2D eigenvalue weighted by molar-refractivity contribution is 0.279. The van der Waals surface area contributed by atoms with Gasteiger partial charge in [0.25, 0.3) is 0 Å². The average molecular weight is 574 g/mol. The van der Waals surface area contributed by atoms with Gasteiger partial charge in [0.15, 0.2) is 11.8 Å². The van der Waals surface area contributed by atoms with Crippen molar-refractivity contribution in [2.75, 3.05) is 4.90 Å². The van der Waals surface area contributed by atoms with Crippen LogP contribution < -0.4 is 4.90 Å². The number of aryl methyl sites for hydroxylation is 2. The molecule has 2 fully saturated rings. The number of benzene rings is 1. The van der Waals surface area contributed by atoms with Crippen LogP contribution in [0.4, 0.5) is 5.69 Å². The van der Waals surface area contributed by atoms with E-state index in [9.17, 15) is 0 Å². The number of oxazole rings is 2. The summed E-state index contributed by atoms with van der Waals surface area (Å²) in [5.74, 6) is 4.83. The van der Waals surface area contributed by atoms with E-state index in [1.807, 2.05) is 18.2 Å². The molecule has 5 heteroatoms. The van der Waals surface area contributed by atoms with Gasteiger partial charge < -0.3 is 13.7 Å². The summed E-state index contributed by atoms with van der Waals surface area (Å²) in [6, 6.07) is 10.1. The van der Waals surface area contributed by atoms with Crippen molar-refractivity contribution < 1.29 is 8.83 Å². The highest BCUT2D eigenvalue weighted by Crippen LogP contribution is 2.42. The minimum atomic E-state index is 0.420. The van der Waals surface area contributed by atoms with Gasteiger partial charge in [0, 0.05) is 36.0 Å². The number of nitrogens with zero attached hydrogens (tertiary/aromatic N) is 3. The van der Waals surface area contributed by atoms with E-state index in [0.717, 1.165) is 112 Å². The lowest BCUT2D eigenvalue weighted by Crippen LogP contribution is -2.46. The molecule has 0 aliphatic heterocycles. The van der Waals surface area contributed by atoms with Gasteiger partial charge in [-0.25, -0.2) is 9.97 Å². The van der Waals surface area contributed by atoms with Gasteiger partial charge in [-0.1, -0.05) is 61.2 Å². The molecule has 222 valence electrons. The molecule has 5 nitrogen and oxygen atoms in total. The van der Waals surface area contributed by atoms with Crippen LogP contribution in [-0.4, -0.2) is 22.1 Å². The Morgan fingerprint density at radius 2 is 1.49 bits per heavy atom. The van der Waals surface area contributed by atoms with Gasteiger partial charge in [0.1, 0.15) is 17.2 Å². The largest absolute Gasteiger partial charge is 0.445 e. The predicted molar refractivity (Wildman–Crippen MR) is 175 cm³/mol. The number of fused-ring (bicyclic) bond motifs is 2. The van der Waals surface area contributed by atoms with Crippen molar-refractivity contribution in [3.05, 3.63) is 108 Å². The first-order chi connectivity index (χ1) is 21.2. The van der Waals surface area contributed by atoms with Crippen LogP contribution in [0.15, 0.2) is 76.1 Å². The van der Waals surface area contributed by atoms with Crippen LogP contribution in [0.2, 0.25) is 0 Å². The van der Waals surface area contributed by atoms with Crippen molar-refractivity contribution in [1.82, 2.24) is 9.97 Å². The van der Waals surface area contributed by atoms with Crippen molar-refractivity contribution in [2.45, 2.75) is 101 Å². The van der Waals surface area contributed by atoms with Gasteiger partial charge in [-0.15, -0.1) is 0 Å². The molecule has 0 N–H and O–H groups in total. The Bertz CT molecular complexity index is 1460. The van der Waals surface area contributed by atoms with Crippen molar-refractivity contribution >= 4 is 23.9 Å². The van der Waals surface area contributed by atoms with Gasteiger partial charge in [-0.2, -0.15) is 0 Å². The maximum Gasteiger partial charge on any atom is 0.198 e. The van der Waals surface area contributed by atoms with Crippen molar-refractivity contribution in [2.24, 2.45) is 0 Å². The molecule has 1 aromatic carbocycles.